The maximum atomic E-state index is 12.9. The Labute approximate surface area is 177 Å². The quantitative estimate of drug-likeness (QED) is 0.458. The number of methoxy groups -OCH3 is 1. The standard InChI is InChI=1S/C22H21BrO6/c1-5-27-22(25)13(3)28-16-8-12(2)20-18(11-16)29-19(21(20)24)10-14-9-15(23)6-7-17(14)26-4/h6-11,13H,5H2,1-4H3/b19-10-. The van der Waals surface area contributed by atoms with Crippen LogP contribution in [0.15, 0.2) is 40.6 Å². The number of hydrogen-bond donors (Lipinski definition) is 0. The smallest absolute Gasteiger partial charge is 0.347 e. The molecule has 1 aliphatic heterocycles. The molecule has 0 bridgehead atoms. The van der Waals surface area contributed by atoms with Crippen molar-refractivity contribution in [1.82, 2.24) is 0 Å². The predicted molar refractivity (Wildman–Crippen MR) is 112 cm³/mol. The lowest BCUT2D eigenvalue weighted by molar-refractivity contribution is -0.150. The molecule has 1 atom stereocenters. The number of fused-ring (bicyclic) bond motifs is 1. The highest BCUT2D eigenvalue weighted by atomic mass is 79.9. The van der Waals surface area contributed by atoms with E-state index < -0.39 is 12.1 Å². The molecule has 0 N–H and O–H groups in total. The predicted octanol–water partition coefficient (Wildman–Crippen LogP) is 4.71. The molecule has 2 aromatic carbocycles. The van der Waals surface area contributed by atoms with Crippen molar-refractivity contribution in [1.29, 1.82) is 0 Å². The number of carbonyl (C=O) groups excluding carboxylic acids is 2. The van der Waals surface area contributed by atoms with E-state index in [2.05, 4.69) is 15.9 Å². The van der Waals surface area contributed by atoms with Crippen LogP contribution in [0.1, 0.15) is 35.3 Å². The van der Waals surface area contributed by atoms with Gasteiger partial charge in [0.25, 0.3) is 0 Å². The van der Waals surface area contributed by atoms with Gasteiger partial charge in [-0.1, -0.05) is 15.9 Å². The lowest BCUT2D eigenvalue weighted by atomic mass is 10.0. The Balaban J connectivity index is 1.90. The van der Waals surface area contributed by atoms with E-state index in [1.54, 1.807) is 52.2 Å². The van der Waals surface area contributed by atoms with Gasteiger partial charge < -0.3 is 18.9 Å². The van der Waals surface area contributed by atoms with Gasteiger partial charge in [0.05, 0.1) is 19.3 Å². The summed E-state index contributed by atoms with van der Waals surface area (Å²) in [6.07, 6.45) is 0.873. The first kappa shape index (κ1) is 20.9. The van der Waals surface area contributed by atoms with E-state index >= 15 is 0 Å². The molecule has 0 saturated carbocycles. The largest absolute Gasteiger partial charge is 0.496 e. The third-order valence-corrected chi connectivity index (χ3v) is 4.85. The van der Waals surface area contributed by atoms with Gasteiger partial charge in [0, 0.05) is 16.1 Å². The highest BCUT2D eigenvalue weighted by Crippen LogP contribution is 2.38. The Bertz CT molecular complexity index is 995. The van der Waals surface area contributed by atoms with E-state index in [-0.39, 0.29) is 18.1 Å². The summed E-state index contributed by atoms with van der Waals surface area (Å²) < 4.78 is 22.6. The molecule has 0 radical (unpaired) electrons. The van der Waals surface area contributed by atoms with Crippen LogP contribution in [0.2, 0.25) is 0 Å². The average molecular weight is 461 g/mol. The summed E-state index contributed by atoms with van der Waals surface area (Å²) in [7, 11) is 1.57. The summed E-state index contributed by atoms with van der Waals surface area (Å²) in [5, 5.41) is 0. The Morgan fingerprint density at radius 3 is 2.72 bits per heavy atom. The van der Waals surface area contributed by atoms with Crippen molar-refractivity contribution in [3.05, 3.63) is 57.3 Å². The molecule has 0 aromatic heterocycles. The van der Waals surface area contributed by atoms with Crippen LogP contribution in [0, 0.1) is 6.92 Å². The molecule has 1 unspecified atom stereocenters. The van der Waals surface area contributed by atoms with Crippen LogP contribution in [0.25, 0.3) is 6.08 Å². The SMILES string of the molecule is CCOC(=O)C(C)Oc1cc(C)c2c(c1)O/C(=C\c1cc(Br)ccc1OC)C2=O. The number of allylic oxidation sites excluding steroid dienone is 1. The Kier molecular flexibility index (Phi) is 6.27. The fraction of sp³-hybridized carbons (Fsp3) is 0.273. The fourth-order valence-electron chi connectivity index (χ4n) is 3.02. The lowest BCUT2D eigenvalue weighted by Crippen LogP contribution is -2.26. The minimum Gasteiger partial charge on any atom is -0.496 e. The summed E-state index contributed by atoms with van der Waals surface area (Å²) in [4.78, 5) is 24.7. The van der Waals surface area contributed by atoms with Crippen LogP contribution < -0.4 is 14.2 Å². The van der Waals surface area contributed by atoms with Gasteiger partial charge in [0.2, 0.25) is 5.78 Å². The molecule has 6 nitrogen and oxygen atoms in total. The number of esters is 1. The third kappa shape index (κ3) is 4.45. The Hall–Kier alpha value is -2.80. The monoisotopic (exact) mass is 460 g/mol. The number of benzene rings is 2. The molecule has 0 fully saturated rings. The van der Waals surface area contributed by atoms with Gasteiger partial charge in [-0.05, 0) is 56.7 Å². The second kappa shape index (κ2) is 8.69. The van der Waals surface area contributed by atoms with Crippen LogP contribution in [0.5, 0.6) is 17.2 Å². The minimum absolute atomic E-state index is 0.190. The first-order chi connectivity index (χ1) is 13.8. The molecule has 3 rings (SSSR count). The van der Waals surface area contributed by atoms with Gasteiger partial charge in [-0.25, -0.2) is 4.79 Å². The molecule has 1 heterocycles. The highest BCUT2D eigenvalue weighted by molar-refractivity contribution is 9.10. The van der Waals surface area contributed by atoms with Gasteiger partial charge in [0.15, 0.2) is 11.9 Å². The second-order valence-corrected chi connectivity index (χ2v) is 7.37. The Morgan fingerprint density at radius 1 is 1.28 bits per heavy atom. The van der Waals surface area contributed by atoms with E-state index in [1.807, 2.05) is 12.1 Å². The average Bonchev–Trinajstić information content (AvgIpc) is 2.98. The van der Waals surface area contributed by atoms with Gasteiger partial charge in [-0.3, -0.25) is 4.79 Å². The van der Waals surface area contributed by atoms with Crippen LogP contribution in [0.3, 0.4) is 0 Å². The van der Waals surface area contributed by atoms with E-state index in [0.717, 1.165) is 4.47 Å². The number of ketones is 1. The zero-order chi connectivity index (χ0) is 21.1. The van der Waals surface area contributed by atoms with Crippen LogP contribution in [0.4, 0.5) is 0 Å². The van der Waals surface area contributed by atoms with E-state index in [9.17, 15) is 9.59 Å². The van der Waals surface area contributed by atoms with Crippen molar-refractivity contribution >= 4 is 33.8 Å². The highest BCUT2D eigenvalue weighted by Gasteiger charge is 2.31. The zero-order valence-corrected chi connectivity index (χ0v) is 18.2. The second-order valence-electron chi connectivity index (χ2n) is 6.45. The summed E-state index contributed by atoms with van der Waals surface area (Å²) in [6, 6.07) is 8.81. The number of Topliss-reactive ketones (excluding diaryl/α,β-unsaturated/α-hetero) is 1. The van der Waals surface area contributed by atoms with Crippen molar-refractivity contribution in [2.75, 3.05) is 13.7 Å². The van der Waals surface area contributed by atoms with E-state index in [0.29, 0.717) is 33.9 Å². The molecule has 2 aromatic rings. The molecule has 0 amide bonds. The first-order valence-corrected chi connectivity index (χ1v) is 9.89. The molecule has 29 heavy (non-hydrogen) atoms. The number of aryl methyl sites for hydroxylation is 1. The van der Waals surface area contributed by atoms with Crippen molar-refractivity contribution in [2.45, 2.75) is 26.9 Å². The normalized spacial score (nSPS) is 14.9. The van der Waals surface area contributed by atoms with Crippen molar-refractivity contribution < 1.29 is 28.5 Å². The van der Waals surface area contributed by atoms with Gasteiger partial charge in [-0.15, -0.1) is 0 Å². The molecule has 152 valence electrons. The zero-order valence-electron chi connectivity index (χ0n) is 16.6. The third-order valence-electron chi connectivity index (χ3n) is 4.35. The fourth-order valence-corrected chi connectivity index (χ4v) is 3.40. The topological polar surface area (TPSA) is 71.1 Å². The van der Waals surface area contributed by atoms with Crippen LogP contribution in [-0.4, -0.2) is 31.6 Å². The number of carbonyl (C=O) groups is 2. The van der Waals surface area contributed by atoms with Crippen molar-refractivity contribution in [3.8, 4) is 17.2 Å². The molecule has 7 heteroatoms. The van der Waals surface area contributed by atoms with Crippen molar-refractivity contribution in [3.63, 3.8) is 0 Å². The van der Waals surface area contributed by atoms with Crippen molar-refractivity contribution in [2.24, 2.45) is 0 Å². The summed E-state index contributed by atoms with van der Waals surface area (Å²) in [5.74, 6) is 0.957. The number of halogens is 1. The van der Waals surface area contributed by atoms with Crippen LogP contribution in [-0.2, 0) is 9.53 Å². The van der Waals surface area contributed by atoms with Gasteiger partial charge in [-0.2, -0.15) is 0 Å². The molecule has 0 spiro atoms. The maximum absolute atomic E-state index is 12.9. The maximum Gasteiger partial charge on any atom is 0.347 e. The summed E-state index contributed by atoms with van der Waals surface area (Å²) in [5.41, 5.74) is 1.88. The van der Waals surface area contributed by atoms with Gasteiger partial charge in [0.1, 0.15) is 17.2 Å². The molecular formula is C22H21BrO6. The summed E-state index contributed by atoms with van der Waals surface area (Å²) >= 11 is 3.42. The molecular weight excluding hydrogens is 440 g/mol. The van der Waals surface area contributed by atoms with E-state index in [4.69, 9.17) is 18.9 Å². The number of rotatable bonds is 6. The van der Waals surface area contributed by atoms with Gasteiger partial charge >= 0.3 is 5.97 Å². The summed E-state index contributed by atoms with van der Waals surface area (Å²) in [6.45, 7) is 5.42. The first-order valence-electron chi connectivity index (χ1n) is 9.09. The van der Waals surface area contributed by atoms with Crippen LogP contribution >= 0.6 is 15.9 Å². The van der Waals surface area contributed by atoms with E-state index in [1.165, 1.54) is 0 Å². The molecule has 1 aliphatic rings. The number of ether oxygens (including phenoxy) is 4. The lowest BCUT2D eigenvalue weighted by Gasteiger charge is -2.14. The molecule has 0 aliphatic carbocycles. The number of hydrogen-bond acceptors (Lipinski definition) is 6. The molecule has 0 saturated heterocycles. The minimum atomic E-state index is -0.773. The Morgan fingerprint density at radius 2 is 2.03 bits per heavy atom.